The van der Waals surface area contributed by atoms with E-state index in [0.717, 1.165) is 6.92 Å². The summed E-state index contributed by atoms with van der Waals surface area (Å²) in [5, 5.41) is 11.8. The maximum Gasteiger partial charge on any atom is 0.360 e. The largest absolute Gasteiger partial charge is 0.466 e. The molecule has 1 amide bonds. The fourth-order valence-electron chi connectivity index (χ4n) is 1.13. The fourth-order valence-corrected chi connectivity index (χ4v) is 1.13. The predicted octanol–water partition coefficient (Wildman–Crippen LogP) is -0.673. The average molecular weight is 247 g/mol. The van der Waals surface area contributed by atoms with Crippen molar-refractivity contribution in [2.45, 2.75) is 32.9 Å². The number of ether oxygens (including phenoxy) is 2. The lowest BCUT2D eigenvalue weighted by Gasteiger charge is -2.25. The lowest BCUT2D eigenvalue weighted by atomic mass is 10.1. The molecule has 0 aromatic rings. The van der Waals surface area contributed by atoms with Crippen LogP contribution in [-0.2, 0) is 23.9 Å². The molecular weight excluding hydrogens is 230 g/mol. The zero-order chi connectivity index (χ0) is 13.5. The minimum absolute atomic E-state index is 0.0174. The van der Waals surface area contributed by atoms with Crippen molar-refractivity contribution in [2.24, 2.45) is 0 Å². The number of hydrogen-bond acceptors (Lipinski definition) is 6. The summed E-state index contributed by atoms with van der Waals surface area (Å²) in [4.78, 5) is 33.5. The van der Waals surface area contributed by atoms with E-state index in [1.807, 2.05) is 5.32 Å². The molecule has 17 heavy (non-hydrogen) atoms. The smallest absolute Gasteiger partial charge is 0.360 e. The molecule has 0 spiro atoms. The third-order valence-electron chi connectivity index (χ3n) is 1.70. The SMILES string of the molecule is CCOC(=O)CC(O)(NC(C)=O)C(=O)OCC. The monoisotopic (exact) mass is 247 g/mol. The Balaban J connectivity index is 4.77. The molecule has 0 radical (unpaired) electrons. The summed E-state index contributed by atoms with van der Waals surface area (Å²) >= 11 is 0. The Labute approximate surface area is 99.1 Å². The Morgan fingerprint density at radius 3 is 2.12 bits per heavy atom. The molecule has 0 aromatic heterocycles. The van der Waals surface area contributed by atoms with Crippen LogP contribution in [0.4, 0.5) is 0 Å². The second kappa shape index (κ2) is 6.85. The van der Waals surface area contributed by atoms with Gasteiger partial charge in [-0.05, 0) is 13.8 Å². The normalized spacial score (nSPS) is 13.4. The van der Waals surface area contributed by atoms with Crippen LogP contribution in [0.1, 0.15) is 27.2 Å². The first-order valence-corrected chi connectivity index (χ1v) is 5.19. The highest BCUT2D eigenvalue weighted by Gasteiger charge is 2.41. The number of hydrogen-bond donors (Lipinski definition) is 2. The Bertz CT molecular complexity index is 303. The van der Waals surface area contributed by atoms with E-state index in [-0.39, 0.29) is 13.2 Å². The molecule has 98 valence electrons. The van der Waals surface area contributed by atoms with Crippen molar-refractivity contribution in [1.82, 2.24) is 5.32 Å². The van der Waals surface area contributed by atoms with Gasteiger partial charge in [-0.3, -0.25) is 9.59 Å². The molecule has 0 aliphatic carbocycles. The number of rotatable bonds is 6. The maximum absolute atomic E-state index is 11.4. The fraction of sp³-hybridized carbons (Fsp3) is 0.700. The number of aliphatic hydroxyl groups is 1. The van der Waals surface area contributed by atoms with Crippen LogP contribution >= 0.6 is 0 Å². The van der Waals surface area contributed by atoms with Crippen LogP contribution in [0.3, 0.4) is 0 Å². The third kappa shape index (κ3) is 5.30. The summed E-state index contributed by atoms with van der Waals surface area (Å²) in [6, 6.07) is 0. The van der Waals surface area contributed by atoms with Crippen LogP contribution in [0.25, 0.3) is 0 Å². The molecule has 2 N–H and O–H groups in total. The maximum atomic E-state index is 11.4. The van der Waals surface area contributed by atoms with Gasteiger partial charge in [-0.25, -0.2) is 4.79 Å². The first kappa shape index (κ1) is 15.4. The zero-order valence-corrected chi connectivity index (χ0v) is 10.1. The van der Waals surface area contributed by atoms with Gasteiger partial charge in [-0.1, -0.05) is 0 Å². The second-order valence-corrected chi connectivity index (χ2v) is 3.24. The van der Waals surface area contributed by atoms with Gasteiger partial charge in [0.15, 0.2) is 0 Å². The molecule has 1 unspecified atom stereocenters. The van der Waals surface area contributed by atoms with E-state index >= 15 is 0 Å². The molecule has 0 saturated heterocycles. The topological polar surface area (TPSA) is 102 Å². The van der Waals surface area contributed by atoms with Gasteiger partial charge in [0, 0.05) is 6.92 Å². The molecule has 0 saturated carbocycles. The molecule has 0 aromatic carbocycles. The van der Waals surface area contributed by atoms with Gasteiger partial charge in [0.2, 0.25) is 11.6 Å². The summed E-state index contributed by atoms with van der Waals surface area (Å²) in [6.45, 7) is 4.35. The van der Waals surface area contributed by atoms with E-state index in [2.05, 4.69) is 9.47 Å². The summed E-state index contributed by atoms with van der Waals surface area (Å²) in [5.74, 6) is -2.56. The highest BCUT2D eigenvalue weighted by molar-refractivity contribution is 5.89. The first-order chi connectivity index (χ1) is 7.85. The van der Waals surface area contributed by atoms with E-state index in [0.29, 0.717) is 0 Å². The van der Waals surface area contributed by atoms with Crippen molar-refractivity contribution < 1.29 is 29.0 Å². The van der Waals surface area contributed by atoms with E-state index < -0.39 is 30.0 Å². The van der Waals surface area contributed by atoms with Gasteiger partial charge in [-0.15, -0.1) is 0 Å². The highest BCUT2D eigenvalue weighted by Crippen LogP contribution is 2.10. The number of carbonyl (C=O) groups is 3. The van der Waals surface area contributed by atoms with E-state index in [1.165, 1.54) is 6.92 Å². The molecular formula is C10H17NO6. The zero-order valence-electron chi connectivity index (χ0n) is 10.1. The summed E-state index contributed by atoms with van der Waals surface area (Å²) in [5.41, 5.74) is -2.38. The van der Waals surface area contributed by atoms with Crippen molar-refractivity contribution >= 4 is 17.8 Å². The van der Waals surface area contributed by atoms with Crippen molar-refractivity contribution in [3.05, 3.63) is 0 Å². The molecule has 0 aliphatic heterocycles. The quantitative estimate of drug-likeness (QED) is 0.476. The third-order valence-corrected chi connectivity index (χ3v) is 1.70. The van der Waals surface area contributed by atoms with Crippen molar-refractivity contribution in [1.29, 1.82) is 0 Å². The predicted molar refractivity (Wildman–Crippen MR) is 56.6 cm³/mol. The van der Waals surface area contributed by atoms with Gasteiger partial charge in [0.1, 0.15) is 6.42 Å². The van der Waals surface area contributed by atoms with Gasteiger partial charge in [0.25, 0.3) is 0 Å². The van der Waals surface area contributed by atoms with E-state index in [4.69, 9.17) is 0 Å². The van der Waals surface area contributed by atoms with Gasteiger partial charge >= 0.3 is 11.9 Å². The minimum Gasteiger partial charge on any atom is -0.466 e. The molecule has 0 fully saturated rings. The van der Waals surface area contributed by atoms with Crippen LogP contribution in [0, 0.1) is 0 Å². The number of carbonyl (C=O) groups excluding carboxylic acids is 3. The van der Waals surface area contributed by atoms with Gasteiger partial charge < -0.3 is 19.9 Å². The number of amides is 1. The highest BCUT2D eigenvalue weighted by atomic mass is 16.6. The number of nitrogens with one attached hydrogen (secondary N) is 1. The van der Waals surface area contributed by atoms with Crippen molar-refractivity contribution in [3.8, 4) is 0 Å². The lowest BCUT2D eigenvalue weighted by Crippen LogP contribution is -2.56. The first-order valence-electron chi connectivity index (χ1n) is 5.19. The van der Waals surface area contributed by atoms with Crippen LogP contribution in [0.2, 0.25) is 0 Å². The average Bonchev–Trinajstić information content (AvgIpc) is 2.16. The molecule has 0 heterocycles. The number of esters is 2. The molecule has 0 aliphatic rings. The second-order valence-electron chi connectivity index (χ2n) is 3.24. The molecule has 0 bridgehead atoms. The van der Waals surface area contributed by atoms with Gasteiger partial charge in [-0.2, -0.15) is 0 Å². The molecule has 7 heteroatoms. The van der Waals surface area contributed by atoms with Gasteiger partial charge in [0.05, 0.1) is 13.2 Å². The summed E-state index contributed by atoms with van der Waals surface area (Å²) < 4.78 is 9.16. The Morgan fingerprint density at radius 1 is 1.18 bits per heavy atom. The molecule has 1 atom stereocenters. The van der Waals surface area contributed by atoms with E-state index in [9.17, 15) is 19.5 Å². The Kier molecular flexibility index (Phi) is 6.19. The van der Waals surface area contributed by atoms with E-state index in [1.54, 1.807) is 6.92 Å². The van der Waals surface area contributed by atoms with Crippen LogP contribution in [-0.4, -0.2) is 41.9 Å². The summed E-state index contributed by atoms with van der Waals surface area (Å²) in [7, 11) is 0. The van der Waals surface area contributed by atoms with Crippen molar-refractivity contribution in [2.75, 3.05) is 13.2 Å². The minimum atomic E-state index is -2.38. The Morgan fingerprint density at radius 2 is 1.71 bits per heavy atom. The molecule has 7 nitrogen and oxygen atoms in total. The Hall–Kier alpha value is -1.63. The lowest BCUT2D eigenvalue weighted by molar-refractivity contribution is -0.177. The van der Waals surface area contributed by atoms with Crippen molar-refractivity contribution in [3.63, 3.8) is 0 Å². The van der Waals surface area contributed by atoms with Crippen LogP contribution in [0.5, 0.6) is 0 Å². The molecule has 0 rings (SSSR count). The standard InChI is InChI=1S/C10H17NO6/c1-4-16-8(13)6-10(15,11-7(3)12)9(14)17-5-2/h15H,4-6H2,1-3H3,(H,11,12). The van der Waals surface area contributed by atoms with Crippen LogP contribution < -0.4 is 5.32 Å². The summed E-state index contributed by atoms with van der Waals surface area (Å²) in [6.07, 6.45) is -0.695. The van der Waals surface area contributed by atoms with Crippen LogP contribution in [0.15, 0.2) is 0 Å².